The van der Waals surface area contributed by atoms with Crippen molar-refractivity contribution in [2.45, 2.75) is 77.2 Å². The molecule has 0 spiro atoms. The number of carbonyl (C=O) groups excluding carboxylic acids is 4. The van der Waals surface area contributed by atoms with Gasteiger partial charge in [0.15, 0.2) is 16.6 Å². The molecule has 0 rings (SSSR count). The minimum atomic E-state index is -2.02. The third-order valence-corrected chi connectivity index (χ3v) is 12.9. The van der Waals surface area contributed by atoms with Gasteiger partial charge in [-0.25, -0.2) is 19.2 Å². The Morgan fingerprint density at radius 1 is 0.659 bits per heavy atom. The predicted octanol–water partition coefficient (Wildman–Crippen LogP) is 2.61. The summed E-state index contributed by atoms with van der Waals surface area (Å²) in [5.41, 5.74) is 0.423. The molecule has 0 saturated carbocycles. The summed E-state index contributed by atoms with van der Waals surface area (Å²) in [5, 5.41) is 24.7. The summed E-state index contributed by atoms with van der Waals surface area (Å²) in [6, 6.07) is 1.63. The van der Waals surface area contributed by atoms with Crippen molar-refractivity contribution in [3.63, 3.8) is 0 Å². The molecule has 0 aliphatic rings. The first-order chi connectivity index (χ1) is 18.9. The predicted molar refractivity (Wildman–Crippen MR) is 157 cm³/mol. The normalized spacial score (nSPS) is 12.9. The number of alkyl carbamates (subject to hydrolysis) is 2. The third-order valence-electron chi connectivity index (χ3n) is 5.33. The van der Waals surface area contributed by atoms with E-state index in [9.17, 15) is 29.4 Å². The zero-order chi connectivity index (χ0) is 31.6. The molecule has 236 valence electrons. The van der Waals surface area contributed by atoms with E-state index in [1.54, 1.807) is 0 Å². The van der Waals surface area contributed by atoms with Crippen LogP contribution >= 0.6 is 0 Å². The van der Waals surface area contributed by atoms with E-state index >= 15 is 0 Å². The minimum Gasteiger partial charge on any atom is -0.459 e. The molecule has 0 aromatic carbocycles. The summed E-state index contributed by atoms with van der Waals surface area (Å²) < 4.78 is 26.0. The number of hydrogen-bond donors (Lipinski definition) is 4. The summed E-state index contributed by atoms with van der Waals surface area (Å²) in [6.45, 7) is 17.9. The number of ether oxygens (including phenoxy) is 4. The number of hydrogen-bond acceptors (Lipinski definition) is 11. The monoisotopic (exact) mass is 620 g/mol. The Kier molecular flexibility index (Phi) is 18.1. The van der Waals surface area contributed by atoms with Crippen LogP contribution in [0.25, 0.3) is 0 Å². The van der Waals surface area contributed by atoms with Crippen molar-refractivity contribution in [1.29, 1.82) is 0 Å². The summed E-state index contributed by atoms with van der Waals surface area (Å²) in [4.78, 5) is 46.3. The van der Waals surface area contributed by atoms with E-state index < -0.39 is 53.0 Å². The average Bonchev–Trinajstić information content (AvgIpc) is 2.87. The van der Waals surface area contributed by atoms with E-state index in [1.807, 2.05) is 0 Å². The molecule has 13 nitrogen and oxygen atoms in total. The van der Waals surface area contributed by atoms with E-state index in [1.165, 1.54) is 13.8 Å². The summed E-state index contributed by atoms with van der Waals surface area (Å²) in [5.74, 6) is -1.25. The van der Waals surface area contributed by atoms with Gasteiger partial charge in [0.25, 0.3) is 0 Å². The lowest BCUT2D eigenvalue weighted by Crippen LogP contribution is -2.45. The van der Waals surface area contributed by atoms with Crippen molar-refractivity contribution in [3.8, 4) is 0 Å². The van der Waals surface area contributed by atoms with Crippen LogP contribution in [-0.2, 0) is 32.7 Å². The van der Waals surface area contributed by atoms with Crippen LogP contribution in [0.2, 0.25) is 38.3 Å². The zero-order valence-electron chi connectivity index (χ0n) is 25.2. The molecule has 15 heteroatoms. The highest BCUT2D eigenvalue weighted by atomic mass is 28.4. The fraction of sp³-hybridized carbons (Fsp3) is 0.692. The SMILES string of the molecule is C=C(C)C(=O)OCC(O)COC(=O)NCCC[Si](C)(C)O[Si](C)(C)CCCNC(=O)OCC(O)COC(=O)C(=C)C. The van der Waals surface area contributed by atoms with Gasteiger partial charge in [-0.1, -0.05) is 13.2 Å². The van der Waals surface area contributed by atoms with Crippen molar-refractivity contribution in [2.24, 2.45) is 0 Å². The second-order valence-corrected chi connectivity index (χ2v) is 19.8. The van der Waals surface area contributed by atoms with Gasteiger partial charge in [-0.2, -0.15) is 0 Å². The molecule has 0 aromatic rings. The Labute approximate surface area is 244 Å². The van der Waals surface area contributed by atoms with E-state index in [0.717, 1.165) is 12.1 Å². The number of aliphatic hydroxyl groups excluding tert-OH is 2. The highest BCUT2D eigenvalue weighted by Crippen LogP contribution is 2.23. The maximum atomic E-state index is 11.8. The van der Waals surface area contributed by atoms with Gasteiger partial charge in [0, 0.05) is 24.2 Å². The van der Waals surface area contributed by atoms with Crippen molar-refractivity contribution in [3.05, 3.63) is 24.3 Å². The van der Waals surface area contributed by atoms with Gasteiger partial charge in [-0.3, -0.25) is 0 Å². The van der Waals surface area contributed by atoms with Crippen molar-refractivity contribution < 1.29 is 52.5 Å². The number of esters is 2. The summed E-state index contributed by atoms with van der Waals surface area (Å²) in [6.07, 6.45) is -2.20. The summed E-state index contributed by atoms with van der Waals surface area (Å²) >= 11 is 0. The second-order valence-electron chi connectivity index (χ2n) is 10.9. The molecule has 4 N–H and O–H groups in total. The molecule has 2 amide bonds. The quantitative estimate of drug-likeness (QED) is 0.0517. The van der Waals surface area contributed by atoms with Crippen molar-refractivity contribution in [1.82, 2.24) is 10.6 Å². The number of carbonyl (C=O) groups is 4. The van der Waals surface area contributed by atoms with Crippen LogP contribution in [0.5, 0.6) is 0 Å². The van der Waals surface area contributed by atoms with Gasteiger partial charge >= 0.3 is 24.1 Å². The van der Waals surface area contributed by atoms with Gasteiger partial charge in [0.1, 0.15) is 38.6 Å². The molecule has 0 fully saturated rings. The first-order valence-electron chi connectivity index (χ1n) is 13.5. The van der Waals surface area contributed by atoms with Crippen LogP contribution < -0.4 is 10.6 Å². The van der Waals surface area contributed by atoms with Crippen LogP contribution in [0.4, 0.5) is 9.59 Å². The Bertz CT molecular complexity index is 827. The maximum Gasteiger partial charge on any atom is 0.407 e. The second kappa shape index (κ2) is 19.4. The Hall–Kier alpha value is -2.73. The largest absolute Gasteiger partial charge is 0.459 e. The van der Waals surface area contributed by atoms with E-state index in [4.69, 9.17) is 23.1 Å². The molecule has 0 bridgehead atoms. The molecule has 0 aliphatic carbocycles. The highest BCUT2D eigenvalue weighted by Gasteiger charge is 2.32. The van der Waals surface area contributed by atoms with Gasteiger partial charge in [0.2, 0.25) is 0 Å². The van der Waals surface area contributed by atoms with Crippen LogP contribution in [0.15, 0.2) is 24.3 Å². The molecule has 0 heterocycles. The van der Waals surface area contributed by atoms with Gasteiger partial charge in [0.05, 0.1) is 0 Å². The lowest BCUT2D eigenvalue weighted by Gasteiger charge is -2.34. The Morgan fingerprint density at radius 3 is 1.29 bits per heavy atom. The molecule has 0 aliphatic heterocycles. The van der Waals surface area contributed by atoms with Crippen molar-refractivity contribution >= 4 is 40.8 Å². The minimum absolute atomic E-state index is 0.212. The van der Waals surface area contributed by atoms with Crippen LogP contribution in [0, 0.1) is 0 Å². The van der Waals surface area contributed by atoms with Crippen LogP contribution in [0.1, 0.15) is 26.7 Å². The van der Waals surface area contributed by atoms with E-state index in [-0.39, 0.29) is 37.6 Å². The summed E-state index contributed by atoms with van der Waals surface area (Å²) in [7, 11) is -4.03. The molecular formula is C26H48N2O11Si2. The molecular weight excluding hydrogens is 572 g/mol. The molecule has 0 radical (unpaired) electrons. The maximum absolute atomic E-state index is 11.8. The smallest absolute Gasteiger partial charge is 0.407 e. The van der Waals surface area contributed by atoms with Gasteiger partial charge in [-0.15, -0.1) is 0 Å². The zero-order valence-corrected chi connectivity index (χ0v) is 27.2. The Morgan fingerprint density at radius 2 is 0.976 bits per heavy atom. The van der Waals surface area contributed by atoms with Gasteiger partial charge < -0.3 is 43.9 Å². The highest BCUT2D eigenvalue weighted by molar-refractivity contribution is 6.84. The molecule has 0 aromatic heterocycles. The topological polar surface area (TPSA) is 179 Å². The fourth-order valence-corrected chi connectivity index (χ4v) is 12.2. The first-order valence-corrected chi connectivity index (χ1v) is 19.7. The van der Waals surface area contributed by atoms with E-state index in [0.29, 0.717) is 25.9 Å². The Balaban J connectivity index is 4.11. The fourth-order valence-electron chi connectivity index (χ4n) is 3.39. The first kappa shape index (κ1) is 38.3. The number of rotatable bonds is 20. The van der Waals surface area contributed by atoms with Crippen LogP contribution in [0.3, 0.4) is 0 Å². The molecule has 0 saturated heterocycles. The van der Waals surface area contributed by atoms with Crippen LogP contribution in [-0.4, -0.2) is 103 Å². The van der Waals surface area contributed by atoms with Gasteiger partial charge in [-0.05, 0) is 65.0 Å². The lowest BCUT2D eigenvalue weighted by molar-refractivity contribution is -0.143. The lowest BCUT2D eigenvalue weighted by atomic mass is 10.3. The van der Waals surface area contributed by atoms with Crippen molar-refractivity contribution in [2.75, 3.05) is 39.5 Å². The number of nitrogens with one attached hydrogen (secondary N) is 2. The average molecular weight is 621 g/mol. The van der Waals surface area contributed by atoms with E-state index in [2.05, 4.69) is 50.0 Å². The molecule has 2 unspecified atom stereocenters. The number of amides is 2. The molecule has 2 atom stereocenters. The third kappa shape index (κ3) is 20.8. The molecule has 41 heavy (non-hydrogen) atoms. The number of aliphatic hydroxyl groups is 2. The standard InChI is InChI=1S/C26H48N2O11Si2/c1-19(2)23(31)35-15-21(29)17-37-25(33)27-11-9-13-40(5,6)39-41(7,8)14-10-12-28-26(34)38-18-22(30)16-36-24(32)20(3)4/h21-22,29-30H,1,3,9-18H2,2,4-8H3,(H,27,33)(H,28,34).